The van der Waals surface area contributed by atoms with Crippen molar-refractivity contribution in [3.8, 4) is 0 Å². The van der Waals surface area contributed by atoms with E-state index in [0.29, 0.717) is 24.6 Å². The number of aliphatic carboxylic acids is 1. The van der Waals surface area contributed by atoms with Gasteiger partial charge in [0.15, 0.2) is 0 Å². The molecule has 1 aliphatic rings. The molecule has 2 aromatic rings. The topological polar surface area (TPSA) is 74.9 Å². The van der Waals surface area contributed by atoms with E-state index < -0.39 is 12.0 Å². The van der Waals surface area contributed by atoms with Gasteiger partial charge in [0.1, 0.15) is 11.7 Å². The predicted octanol–water partition coefficient (Wildman–Crippen LogP) is 1.59. The third-order valence-electron chi connectivity index (χ3n) is 4.22. The maximum atomic E-state index is 12.5. The molecule has 1 amide bonds. The fourth-order valence-electron chi connectivity index (χ4n) is 3.00. The van der Waals surface area contributed by atoms with Gasteiger partial charge < -0.3 is 14.4 Å². The minimum absolute atomic E-state index is 0.139. The lowest BCUT2D eigenvalue weighted by molar-refractivity contribution is -0.152. The van der Waals surface area contributed by atoms with Crippen LogP contribution >= 0.6 is 0 Å². The van der Waals surface area contributed by atoms with Gasteiger partial charge in [0.2, 0.25) is 5.91 Å². The number of piperidine rings is 1. The van der Waals surface area contributed by atoms with Crippen molar-refractivity contribution in [3.05, 3.63) is 36.3 Å². The summed E-state index contributed by atoms with van der Waals surface area (Å²) in [6.07, 6.45) is 5.20. The third-order valence-corrected chi connectivity index (χ3v) is 4.22. The van der Waals surface area contributed by atoms with Gasteiger partial charge in [-0.15, -0.1) is 0 Å². The Morgan fingerprint density at radius 1 is 1.41 bits per heavy atom. The van der Waals surface area contributed by atoms with E-state index in [1.165, 1.54) is 4.90 Å². The normalized spacial score (nSPS) is 22.0. The number of carboxylic acid groups (broad SMARTS) is 1. The molecule has 1 N–H and O–H groups in total. The Bertz CT molecular complexity index is 676. The third kappa shape index (κ3) is 2.81. The van der Waals surface area contributed by atoms with Crippen molar-refractivity contribution in [1.29, 1.82) is 0 Å². The van der Waals surface area contributed by atoms with Crippen LogP contribution in [0.15, 0.2) is 30.6 Å². The summed E-state index contributed by atoms with van der Waals surface area (Å²) < 4.78 is 1.86. The minimum Gasteiger partial charge on any atom is -0.480 e. The van der Waals surface area contributed by atoms with Crippen molar-refractivity contribution >= 4 is 17.5 Å². The molecule has 6 nitrogen and oxygen atoms in total. The van der Waals surface area contributed by atoms with E-state index in [-0.39, 0.29) is 12.3 Å². The van der Waals surface area contributed by atoms with Crippen LogP contribution in [0.25, 0.3) is 5.65 Å². The summed E-state index contributed by atoms with van der Waals surface area (Å²) in [4.78, 5) is 29.8. The maximum absolute atomic E-state index is 12.5. The van der Waals surface area contributed by atoms with E-state index in [9.17, 15) is 14.7 Å². The zero-order valence-electron chi connectivity index (χ0n) is 12.5. The van der Waals surface area contributed by atoms with E-state index >= 15 is 0 Å². The highest BCUT2D eigenvalue weighted by molar-refractivity contribution is 5.85. The van der Waals surface area contributed by atoms with Crippen LogP contribution in [0.2, 0.25) is 0 Å². The van der Waals surface area contributed by atoms with Crippen molar-refractivity contribution < 1.29 is 14.7 Å². The first kappa shape index (κ1) is 14.6. The Morgan fingerprint density at radius 3 is 2.95 bits per heavy atom. The first-order valence-corrected chi connectivity index (χ1v) is 7.49. The fourth-order valence-corrected chi connectivity index (χ4v) is 3.00. The summed E-state index contributed by atoms with van der Waals surface area (Å²) >= 11 is 0. The van der Waals surface area contributed by atoms with Crippen molar-refractivity contribution in [2.24, 2.45) is 5.92 Å². The van der Waals surface area contributed by atoms with Crippen LogP contribution in [0.4, 0.5) is 0 Å². The van der Waals surface area contributed by atoms with E-state index in [4.69, 9.17) is 0 Å². The molecule has 0 aromatic carbocycles. The number of likely N-dealkylation sites (tertiary alicyclic amines) is 1. The number of hydrogen-bond acceptors (Lipinski definition) is 3. The van der Waals surface area contributed by atoms with Crippen LogP contribution in [0.1, 0.15) is 25.5 Å². The van der Waals surface area contributed by atoms with Crippen molar-refractivity contribution in [1.82, 2.24) is 14.3 Å². The zero-order valence-corrected chi connectivity index (χ0v) is 12.5. The number of fused-ring (bicyclic) bond motifs is 1. The molecule has 0 spiro atoms. The predicted molar refractivity (Wildman–Crippen MR) is 80.4 cm³/mol. The monoisotopic (exact) mass is 301 g/mol. The Balaban J connectivity index is 1.76. The molecular weight excluding hydrogens is 282 g/mol. The quantitative estimate of drug-likeness (QED) is 0.934. The average Bonchev–Trinajstić information content (AvgIpc) is 2.89. The van der Waals surface area contributed by atoms with Gasteiger partial charge in [-0.3, -0.25) is 4.79 Å². The molecule has 22 heavy (non-hydrogen) atoms. The van der Waals surface area contributed by atoms with Gasteiger partial charge in [0.25, 0.3) is 0 Å². The lowest BCUT2D eigenvalue weighted by Crippen LogP contribution is -2.50. The highest BCUT2D eigenvalue weighted by Crippen LogP contribution is 2.23. The smallest absolute Gasteiger partial charge is 0.326 e. The summed E-state index contributed by atoms with van der Waals surface area (Å²) in [5.74, 6) is -0.752. The number of imidazole rings is 1. The molecule has 0 unspecified atom stereocenters. The SMILES string of the molecule is C[C@H]1CCN(C(=O)Cc2cn3ccccc3n2)[C@H](C(=O)O)C1. The van der Waals surface area contributed by atoms with Crippen LogP contribution in [-0.4, -0.2) is 43.9 Å². The van der Waals surface area contributed by atoms with E-state index in [1.54, 1.807) is 0 Å². The average molecular weight is 301 g/mol. The number of aromatic nitrogens is 2. The second-order valence-corrected chi connectivity index (χ2v) is 5.95. The number of carbonyl (C=O) groups is 2. The molecular formula is C16H19N3O3. The molecule has 2 atom stereocenters. The van der Waals surface area contributed by atoms with Crippen LogP contribution in [0.5, 0.6) is 0 Å². The number of hydrogen-bond donors (Lipinski definition) is 1. The Labute approximate surface area is 128 Å². The van der Waals surface area contributed by atoms with Gasteiger partial charge >= 0.3 is 5.97 Å². The summed E-state index contributed by atoms with van der Waals surface area (Å²) in [7, 11) is 0. The number of carbonyl (C=O) groups excluding carboxylic acids is 1. The number of rotatable bonds is 3. The summed E-state index contributed by atoms with van der Waals surface area (Å²) in [5.41, 5.74) is 1.45. The molecule has 6 heteroatoms. The van der Waals surface area contributed by atoms with Crippen LogP contribution in [0, 0.1) is 5.92 Å². The molecule has 1 aliphatic heterocycles. The highest BCUT2D eigenvalue weighted by Gasteiger charge is 2.34. The lowest BCUT2D eigenvalue weighted by atomic mass is 9.92. The second-order valence-electron chi connectivity index (χ2n) is 5.95. The standard InChI is InChI=1S/C16H19N3O3/c1-11-5-7-19(13(8-11)16(21)22)15(20)9-12-10-18-6-3-2-4-14(18)17-12/h2-4,6,10-11,13H,5,7-9H2,1H3,(H,21,22)/t11-,13-/m0/s1. The number of amides is 1. The summed E-state index contributed by atoms with van der Waals surface area (Å²) in [6.45, 7) is 2.53. The molecule has 0 saturated carbocycles. The first-order chi connectivity index (χ1) is 10.5. The lowest BCUT2D eigenvalue weighted by Gasteiger charge is -2.35. The molecule has 0 aliphatic carbocycles. The van der Waals surface area contributed by atoms with Crippen molar-refractivity contribution in [3.63, 3.8) is 0 Å². The molecule has 1 fully saturated rings. The number of nitrogens with zero attached hydrogens (tertiary/aromatic N) is 3. The zero-order chi connectivity index (χ0) is 15.7. The molecule has 116 valence electrons. The van der Waals surface area contributed by atoms with E-state index in [1.807, 2.05) is 41.9 Å². The van der Waals surface area contributed by atoms with Gasteiger partial charge in [-0.2, -0.15) is 0 Å². The van der Waals surface area contributed by atoms with Crippen molar-refractivity contribution in [2.45, 2.75) is 32.2 Å². The molecule has 3 rings (SSSR count). The van der Waals surface area contributed by atoms with Crippen LogP contribution in [0.3, 0.4) is 0 Å². The molecule has 1 saturated heterocycles. The first-order valence-electron chi connectivity index (χ1n) is 7.49. The Hall–Kier alpha value is -2.37. The van der Waals surface area contributed by atoms with Gasteiger partial charge in [0, 0.05) is 18.9 Å². The molecule has 2 aromatic heterocycles. The summed E-state index contributed by atoms with van der Waals surface area (Å²) in [5, 5.41) is 9.34. The van der Waals surface area contributed by atoms with Gasteiger partial charge in [-0.1, -0.05) is 13.0 Å². The summed E-state index contributed by atoms with van der Waals surface area (Å²) in [6, 6.07) is 4.94. The maximum Gasteiger partial charge on any atom is 0.326 e. The molecule has 0 bridgehead atoms. The number of carboxylic acids is 1. The van der Waals surface area contributed by atoms with E-state index in [2.05, 4.69) is 4.98 Å². The van der Waals surface area contributed by atoms with E-state index in [0.717, 1.165) is 12.1 Å². The van der Waals surface area contributed by atoms with Gasteiger partial charge in [0.05, 0.1) is 12.1 Å². The van der Waals surface area contributed by atoms with Crippen molar-refractivity contribution in [2.75, 3.05) is 6.54 Å². The fraction of sp³-hybridized carbons (Fsp3) is 0.438. The largest absolute Gasteiger partial charge is 0.480 e. The highest BCUT2D eigenvalue weighted by atomic mass is 16.4. The Kier molecular flexibility index (Phi) is 3.83. The minimum atomic E-state index is -0.921. The molecule has 3 heterocycles. The number of pyridine rings is 1. The molecule has 0 radical (unpaired) electrons. The van der Waals surface area contributed by atoms with Crippen LogP contribution in [-0.2, 0) is 16.0 Å². The van der Waals surface area contributed by atoms with Gasteiger partial charge in [-0.25, -0.2) is 9.78 Å². The second kappa shape index (κ2) is 5.79. The Morgan fingerprint density at radius 2 is 2.23 bits per heavy atom. The van der Waals surface area contributed by atoms with Crippen LogP contribution < -0.4 is 0 Å². The van der Waals surface area contributed by atoms with Gasteiger partial charge in [-0.05, 0) is 30.9 Å².